The molecule has 1 aromatic rings. The van der Waals surface area contributed by atoms with Crippen LogP contribution in [0, 0.1) is 12.8 Å². The van der Waals surface area contributed by atoms with Crippen LogP contribution in [-0.4, -0.2) is 35.6 Å². The number of carbonyl (C=O) groups excluding carboxylic acids is 1. The van der Waals surface area contributed by atoms with Gasteiger partial charge in [-0.3, -0.25) is 10.6 Å². The van der Waals surface area contributed by atoms with Crippen LogP contribution in [0.2, 0.25) is 0 Å². The van der Waals surface area contributed by atoms with Crippen molar-refractivity contribution in [2.45, 2.75) is 25.9 Å². The van der Waals surface area contributed by atoms with Crippen molar-refractivity contribution in [3.8, 4) is 0 Å². The number of nitrogens with two attached hydrogens (primary N) is 1. The van der Waals surface area contributed by atoms with Gasteiger partial charge in [-0.15, -0.1) is 0 Å². The predicted molar refractivity (Wildman–Crippen MR) is 74.7 cm³/mol. The summed E-state index contributed by atoms with van der Waals surface area (Å²) in [7, 11) is 1.79. The molecule has 1 saturated carbocycles. The number of nitrogen functional groups attached to an aromatic ring is 1. The number of hydrazine groups is 1. The number of carbonyl (C=O) groups is 1. The van der Waals surface area contributed by atoms with Crippen molar-refractivity contribution < 1.29 is 9.90 Å². The highest BCUT2D eigenvalue weighted by molar-refractivity contribution is 5.99. The topological polar surface area (TPSA) is 78.6 Å². The third-order valence-corrected chi connectivity index (χ3v) is 3.65. The minimum Gasteiger partial charge on any atom is -0.393 e. The lowest BCUT2D eigenvalue weighted by molar-refractivity contribution is 0.0265. The standard InChI is InChI=1S/C14H21N3O2/c1-9-3-4-13(16-15)12(5-9)14(19)17(2)8-10-6-11(18)7-10/h3-5,10-11,16,18H,6-8,15H2,1-2H3. The van der Waals surface area contributed by atoms with Gasteiger partial charge in [-0.25, -0.2) is 0 Å². The minimum absolute atomic E-state index is 0.0435. The Balaban J connectivity index is 2.07. The molecule has 0 bridgehead atoms. The van der Waals surface area contributed by atoms with Crippen LogP contribution >= 0.6 is 0 Å². The van der Waals surface area contributed by atoms with Gasteiger partial charge in [0.25, 0.3) is 5.91 Å². The summed E-state index contributed by atoms with van der Waals surface area (Å²) in [5.41, 5.74) is 4.81. The molecule has 19 heavy (non-hydrogen) atoms. The number of nitrogens with zero attached hydrogens (tertiary/aromatic N) is 1. The molecule has 0 aliphatic heterocycles. The molecule has 0 saturated heterocycles. The lowest BCUT2D eigenvalue weighted by Crippen LogP contribution is -2.39. The largest absolute Gasteiger partial charge is 0.393 e. The number of amides is 1. The number of aryl methyl sites for hydroxylation is 1. The first-order valence-electron chi connectivity index (χ1n) is 6.52. The van der Waals surface area contributed by atoms with Gasteiger partial charge in [0.05, 0.1) is 17.4 Å². The summed E-state index contributed by atoms with van der Waals surface area (Å²) in [5, 5.41) is 9.28. The van der Waals surface area contributed by atoms with Crippen LogP contribution in [0.1, 0.15) is 28.8 Å². The Kier molecular flexibility index (Phi) is 4.07. The summed E-state index contributed by atoms with van der Waals surface area (Å²) >= 11 is 0. The molecule has 0 aromatic heterocycles. The number of anilines is 1. The lowest BCUT2D eigenvalue weighted by Gasteiger charge is -2.34. The van der Waals surface area contributed by atoms with Crippen molar-refractivity contribution in [1.29, 1.82) is 0 Å². The van der Waals surface area contributed by atoms with Crippen molar-refractivity contribution in [2.24, 2.45) is 11.8 Å². The summed E-state index contributed by atoms with van der Waals surface area (Å²) in [4.78, 5) is 14.1. The van der Waals surface area contributed by atoms with Gasteiger partial charge in [0.15, 0.2) is 0 Å². The van der Waals surface area contributed by atoms with Gasteiger partial charge < -0.3 is 15.4 Å². The molecule has 0 unspecified atom stereocenters. The molecule has 5 nitrogen and oxygen atoms in total. The Bertz CT molecular complexity index is 470. The van der Waals surface area contributed by atoms with Gasteiger partial charge >= 0.3 is 0 Å². The number of aliphatic hydroxyl groups is 1. The maximum Gasteiger partial charge on any atom is 0.255 e. The number of aliphatic hydroxyl groups excluding tert-OH is 1. The van der Waals surface area contributed by atoms with E-state index in [9.17, 15) is 9.90 Å². The molecule has 0 spiro atoms. The van der Waals surface area contributed by atoms with E-state index in [0.29, 0.717) is 23.7 Å². The fraction of sp³-hybridized carbons (Fsp3) is 0.500. The van der Waals surface area contributed by atoms with Crippen molar-refractivity contribution >= 4 is 11.6 Å². The van der Waals surface area contributed by atoms with Crippen molar-refractivity contribution in [3.05, 3.63) is 29.3 Å². The predicted octanol–water partition coefficient (Wildman–Crippen LogP) is 1.12. The highest BCUT2D eigenvalue weighted by Gasteiger charge is 2.29. The molecular formula is C14H21N3O2. The fourth-order valence-electron chi connectivity index (χ4n) is 2.49. The van der Waals surface area contributed by atoms with Crippen LogP contribution in [0.25, 0.3) is 0 Å². The summed E-state index contributed by atoms with van der Waals surface area (Å²) in [6, 6.07) is 5.56. The first kappa shape index (κ1) is 13.8. The Morgan fingerprint density at radius 1 is 1.53 bits per heavy atom. The number of nitrogens with one attached hydrogen (secondary N) is 1. The molecule has 5 heteroatoms. The molecule has 1 aliphatic rings. The zero-order valence-electron chi connectivity index (χ0n) is 11.4. The van der Waals surface area contributed by atoms with E-state index in [-0.39, 0.29) is 12.0 Å². The molecular weight excluding hydrogens is 242 g/mol. The summed E-state index contributed by atoms with van der Waals surface area (Å²) in [6.07, 6.45) is 1.38. The number of hydrogen-bond donors (Lipinski definition) is 3. The zero-order chi connectivity index (χ0) is 14.0. The van der Waals surface area contributed by atoms with Crippen LogP contribution in [0.4, 0.5) is 5.69 Å². The van der Waals surface area contributed by atoms with E-state index in [1.54, 1.807) is 11.9 Å². The van der Waals surface area contributed by atoms with E-state index in [1.807, 2.05) is 25.1 Å². The molecule has 0 heterocycles. The molecule has 1 aromatic carbocycles. The lowest BCUT2D eigenvalue weighted by atomic mass is 9.82. The van der Waals surface area contributed by atoms with Crippen LogP contribution in [0.15, 0.2) is 18.2 Å². The second kappa shape index (κ2) is 5.59. The average Bonchev–Trinajstić information content (AvgIpc) is 2.35. The van der Waals surface area contributed by atoms with Crippen LogP contribution in [0.3, 0.4) is 0 Å². The Labute approximate surface area is 113 Å². The van der Waals surface area contributed by atoms with Gasteiger partial charge in [0.2, 0.25) is 0 Å². The third kappa shape index (κ3) is 3.05. The van der Waals surface area contributed by atoms with E-state index in [0.717, 1.165) is 18.4 Å². The van der Waals surface area contributed by atoms with Gasteiger partial charge in [-0.05, 0) is 37.8 Å². The Hall–Kier alpha value is -1.59. The van der Waals surface area contributed by atoms with E-state index in [2.05, 4.69) is 5.43 Å². The fourth-order valence-corrected chi connectivity index (χ4v) is 2.49. The van der Waals surface area contributed by atoms with Crippen molar-refractivity contribution in [1.82, 2.24) is 4.90 Å². The van der Waals surface area contributed by atoms with Crippen LogP contribution < -0.4 is 11.3 Å². The van der Waals surface area contributed by atoms with E-state index >= 15 is 0 Å². The van der Waals surface area contributed by atoms with Crippen molar-refractivity contribution in [2.75, 3.05) is 19.0 Å². The number of hydrogen-bond acceptors (Lipinski definition) is 4. The summed E-state index contributed by atoms with van der Waals surface area (Å²) in [6.45, 7) is 2.62. The SMILES string of the molecule is Cc1ccc(NN)c(C(=O)N(C)CC2CC(O)C2)c1. The smallest absolute Gasteiger partial charge is 0.255 e. The highest BCUT2D eigenvalue weighted by atomic mass is 16.3. The third-order valence-electron chi connectivity index (χ3n) is 3.65. The monoisotopic (exact) mass is 263 g/mol. The van der Waals surface area contributed by atoms with Crippen LogP contribution in [-0.2, 0) is 0 Å². The first-order chi connectivity index (χ1) is 9.01. The second-order valence-electron chi connectivity index (χ2n) is 5.37. The Morgan fingerprint density at radius 2 is 2.21 bits per heavy atom. The molecule has 0 radical (unpaired) electrons. The first-order valence-corrected chi connectivity index (χ1v) is 6.52. The molecule has 2 rings (SSSR count). The second-order valence-corrected chi connectivity index (χ2v) is 5.37. The number of benzene rings is 1. The minimum atomic E-state index is -0.186. The number of rotatable bonds is 4. The summed E-state index contributed by atoms with van der Waals surface area (Å²) in [5.74, 6) is 5.80. The molecule has 1 amide bonds. The normalized spacial score (nSPS) is 21.7. The quantitative estimate of drug-likeness (QED) is 0.562. The highest BCUT2D eigenvalue weighted by Crippen LogP contribution is 2.28. The molecule has 0 atom stereocenters. The Morgan fingerprint density at radius 3 is 2.79 bits per heavy atom. The van der Waals surface area contributed by atoms with E-state index < -0.39 is 0 Å². The summed E-state index contributed by atoms with van der Waals surface area (Å²) < 4.78 is 0. The maximum atomic E-state index is 12.4. The average molecular weight is 263 g/mol. The zero-order valence-corrected chi connectivity index (χ0v) is 11.4. The molecule has 4 N–H and O–H groups in total. The maximum absolute atomic E-state index is 12.4. The van der Waals surface area contributed by atoms with Gasteiger partial charge in [0.1, 0.15) is 0 Å². The molecule has 1 fully saturated rings. The van der Waals surface area contributed by atoms with Crippen molar-refractivity contribution in [3.63, 3.8) is 0 Å². The van der Waals surface area contributed by atoms with Gasteiger partial charge in [-0.1, -0.05) is 11.6 Å². The van der Waals surface area contributed by atoms with E-state index in [1.165, 1.54) is 0 Å². The molecule has 104 valence electrons. The van der Waals surface area contributed by atoms with Crippen LogP contribution in [0.5, 0.6) is 0 Å². The van der Waals surface area contributed by atoms with Gasteiger partial charge in [-0.2, -0.15) is 0 Å². The molecule has 1 aliphatic carbocycles. The van der Waals surface area contributed by atoms with E-state index in [4.69, 9.17) is 5.84 Å². The van der Waals surface area contributed by atoms with Gasteiger partial charge in [0, 0.05) is 13.6 Å².